The number of fused-ring (bicyclic) bond motifs is 1. The molecule has 1 aromatic carbocycles. The van der Waals surface area contributed by atoms with Crippen LogP contribution in [0, 0.1) is 0 Å². The predicted octanol–water partition coefficient (Wildman–Crippen LogP) is 4.28. The summed E-state index contributed by atoms with van der Waals surface area (Å²) in [6.45, 7) is 5.87. The molecule has 3 heterocycles. The Morgan fingerprint density at radius 3 is 2.47 bits per heavy atom. The summed E-state index contributed by atoms with van der Waals surface area (Å²) in [5, 5.41) is 14.3. The summed E-state index contributed by atoms with van der Waals surface area (Å²) in [6.07, 6.45) is 5.62. The van der Waals surface area contributed by atoms with Crippen molar-refractivity contribution < 1.29 is 9.32 Å². The van der Waals surface area contributed by atoms with Gasteiger partial charge in [-0.05, 0) is 69.6 Å². The highest BCUT2D eigenvalue weighted by molar-refractivity contribution is 7.87. The standard InChI is InChI=1S/C24H31ClN4O2S/c1-23(2)14-19-20(32(23)31)21(28-24(15-30)10-3-11-24)27-22(26-19)29-12-8-17(9-13-29)16-4-6-18(25)7-5-16/h4-7,17,30H,3,8-15H2,1-2H3,(H,26,27,28). The van der Waals surface area contributed by atoms with Crippen LogP contribution in [0.15, 0.2) is 29.2 Å². The number of hydrogen-bond acceptors (Lipinski definition) is 6. The Hall–Kier alpha value is -1.70. The van der Waals surface area contributed by atoms with Crippen LogP contribution in [0.3, 0.4) is 0 Å². The molecule has 8 heteroatoms. The van der Waals surface area contributed by atoms with Crippen molar-refractivity contribution in [1.29, 1.82) is 0 Å². The minimum atomic E-state index is -1.18. The number of aromatic nitrogens is 2. The van der Waals surface area contributed by atoms with E-state index in [4.69, 9.17) is 21.6 Å². The summed E-state index contributed by atoms with van der Waals surface area (Å²) in [7, 11) is -1.18. The number of hydrogen-bond donors (Lipinski definition) is 2. The van der Waals surface area contributed by atoms with Crippen molar-refractivity contribution in [1.82, 2.24) is 9.97 Å². The molecule has 6 nitrogen and oxygen atoms in total. The molecule has 0 radical (unpaired) electrons. The molecule has 32 heavy (non-hydrogen) atoms. The molecule has 0 amide bonds. The van der Waals surface area contributed by atoms with Gasteiger partial charge >= 0.3 is 0 Å². The van der Waals surface area contributed by atoms with Crippen LogP contribution >= 0.6 is 11.6 Å². The zero-order chi connectivity index (χ0) is 22.5. The Morgan fingerprint density at radius 2 is 1.88 bits per heavy atom. The van der Waals surface area contributed by atoms with Gasteiger partial charge in [0.05, 0.1) is 33.4 Å². The topological polar surface area (TPSA) is 78.3 Å². The molecule has 1 aliphatic carbocycles. The molecule has 1 atom stereocenters. The predicted molar refractivity (Wildman–Crippen MR) is 129 cm³/mol. The molecular weight excluding hydrogens is 444 g/mol. The fourth-order valence-corrected chi connectivity index (χ4v) is 6.65. The van der Waals surface area contributed by atoms with Crippen LogP contribution in [0.4, 0.5) is 11.8 Å². The number of aliphatic hydroxyl groups is 1. The number of nitrogens with zero attached hydrogens (tertiary/aromatic N) is 3. The summed E-state index contributed by atoms with van der Waals surface area (Å²) in [6, 6.07) is 8.18. The summed E-state index contributed by atoms with van der Waals surface area (Å²) in [5.74, 6) is 1.88. The molecule has 2 aliphatic heterocycles. The summed E-state index contributed by atoms with van der Waals surface area (Å²) in [5.41, 5.74) is 1.86. The molecule has 1 unspecified atom stereocenters. The lowest BCUT2D eigenvalue weighted by Crippen LogP contribution is -2.49. The van der Waals surface area contributed by atoms with Gasteiger partial charge in [0.1, 0.15) is 10.7 Å². The van der Waals surface area contributed by atoms with E-state index in [1.807, 2.05) is 26.0 Å². The largest absolute Gasteiger partial charge is 0.394 e. The SMILES string of the molecule is CC1(C)Cc2nc(N3CCC(c4ccc(Cl)cc4)CC3)nc(NC3(CO)CCC3)c2S1=O. The van der Waals surface area contributed by atoms with Crippen LogP contribution < -0.4 is 10.2 Å². The first kappa shape index (κ1) is 22.1. The summed E-state index contributed by atoms with van der Waals surface area (Å²) in [4.78, 5) is 12.8. The van der Waals surface area contributed by atoms with E-state index in [2.05, 4.69) is 22.3 Å². The zero-order valence-electron chi connectivity index (χ0n) is 18.7. The number of nitrogens with one attached hydrogen (secondary N) is 1. The van der Waals surface area contributed by atoms with E-state index >= 15 is 0 Å². The Bertz CT molecular complexity index is 1030. The fraction of sp³-hybridized carbons (Fsp3) is 0.583. The fourth-order valence-electron chi connectivity index (χ4n) is 5.09. The number of benzene rings is 1. The molecule has 5 rings (SSSR count). The molecule has 2 aromatic rings. The third-order valence-corrected chi connectivity index (χ3v) is 9.52. The number of aliphatic hydroxyl groups excluding tert-OH is 1. The van der Waals surface area contributed by atoms with E-state index in [-0.39, 0.29) is 16.9 Å². The van der Waals surface area contributed by atoms with Crippen molar-refractivity contribution in [2.45, 2.75) is 73.5 Å². The van der Waals surface area contributed by atoms with Crippen LogP contribution in [0.25, 0.3) is 0 Å². The Balaban J connectivity index is 1.41. The first-order valence-corrected chi connectivity index (χ1v) is 13.1. The number of halogens is 1. The van der Waals surface area contributed by atoms with Crippen molar-refractivity contribution in [2.24, 2.45) is 0 Å². The van der Waals surface area contributed by atoms with Crippen molar-refractivity contribution in [3.05, 3.63) is 40.5 Å². The van der Waals surface area contributed by atoms with Gasteiger partial charge < -0.3 is 15.3 Å². The summed E-state index contributed by atoms with van der Waals surface area (Å²) >= 11 is 6.05. The highest BCUT2D eigenvalue weighted by atomic mass is 35.5. The summed E-state index contributed by atoms with van der Waals surface area (Å²) < 4.78 is 12.9. The highest BCUT2D eigenvalue weighted by Crippen LogP contribution is 2.43. The van der Waals surface area contributed by atoms with Gasteiger partial charge in [-0.2, -0.15) is 4.98 Å². The van der Waals surface area contributed by atoms with Crippen LogP contribution in [-0.4, -0.2) is 49.3 Å². The van der Waals surface area contributed by atoms with Crippen molar-refractivity contribution in [3.63, 3.8) is 0 Å². The third kappa shape index (κ3) is 3.93. The van der Waals surface area contributed by atoms with E-state index in [0.29, 0.717) is 24.1 Å². The molecule has 1 saturated carbocycles. The van der Waals surface area contributed by atoms with Gasteiger partial charge in [-0.25, -0.2) is 4.98 Å². The normalized spacial score (nSPS) is 24.1. The van der Waals surface area contributed by atoms with Crippen LogP contribution in [-0.2, 0) is 17.2 Å². The molecule has 172 valence electrons. The highest BCUT2D eigenvalue weighted by Gasteiger charge is 2.44. The lowest BCUT2D eigenvalue weighted by molar-refractivity contribution is 0.143. The molecular formula is C24H31ClN4O2S. The average Bonchev–Trinajstić information content (AvgIpc) is 2.99. The van der Waals surface area contributed by atoms with Gasteiger partial charge in [-0.1, -0.05) is 23.7 Å². The number of piperidine rings is 1. The van der Waals surface area contributed by atoms with Gasteiger partial charge in [0, 0.05) is 24.5 Å². The van der Waals surface area contributed by atoms with E-state index < -0.39 is 10.8 Å². The van der Waals surface area contributed by atoms with Crippen LogP contribution in [0.5, 0.6) is 0 Å². The minimum absolute atomic E-state index is 0.0592. The zero-order valence-corrected chi connectivity index (χ0v) is 20.3. The minimum Gasteiger partial charge on any atom is -0.394 e. The number of rotatable bonds is 5. The maximum absolute atomic E-state index is 13.2. The monoisotopic (exact) mass is 474 g/mol. The number of anilines is 2. The smallest absolute Gasteiger partial charge is 0.227 e. The Morgan fingerprint density at radius 1 is 1.19 bits per heavy atom. The molecule has 1 saturated heterocycles. The van der Waals surface area contributed by atoms with E-state index in [9.17, 15) is 9.32 Å². The second-order valence-electron chi connectivity index (χ2n) is 10.1. The van der Waals surface area contributed by atoms with Crippen molar-refractivity contribution in [3.8, 4) is 0 Å². The van der Waals surface area contributed by atoms with Gasteiger partial charge in [0.15, 0.2) is 0 Å². The second-order valence-corrected chi connectivity index (χ2v) is 12.6. The van der Waals surface area contributed by atoms with E-state index in [0.717, 1.165) is 60.8 Å². The second kappa shape index (κ2) is 8.26. The van der Waals surface area contributed by atoms with Gasteiger partial charge in [0.2, 0.25) is 5.95 Å². The maximum atomic E-state index is 13.2. The van der Waals surface area contributed by atoms with E-state index in [1.165, 1.54) is 5.56 Å². The lowest BCUT2D eigenvalue weighted by Gasteiger charge is -2.42. The first-order valence-electron chi connectivity index (χ1n) is 11.5. The van der Waals surface area contributed by atoms with E-state index in [1.54, 1.807) is 0 Å². The maximum Gasteiger partial charge on any atom is 0.227 e. The average molecular weight is 475 g/mol. The molecule has 0 bridgehead atoms. The Labute approximate surface area is 197 Å². The molecule has 0 spiro atoms. The first-order chi connectivity index (χ1) is 15.3. The van der Waals surface area contributed by atoms with Gasteiger partial charge in [-0.15, -0.1) is 0 Å². The molecule has 2 N–H and O–H groups in total. The van der Waals surface area contributed by atoms with Crippen LogP contribution in [0.2, 0.25) is 5.02 Å². The molecule has 3 aliphatic rings. The van der Waals surface area contributed by atoms with Gasteiger partial charge in [0.25, 0.3) is 0 Å². The Kier molecular flexibility index (Phi) is 5.71. The quantitative estimate of drug-likeness (QED) is 0.673. The van der Waals surface area contributed by atoms with Crippen molar-refractivity contribution >= 4 is 34.2 Å². The van der Waals surface area contributed by atoms with Crippen molar-refractivity contribution in [2.75, 3.05) is 29.9 Å². The molecule has 1 aromatic heterocycles. The van der Waals surface area contributed by atoms with Gasteiger partial charge in [-0.3, -0.25) is 4.21 Å². The van der Waals surface area contributed by atoms with Crippen LogP contribution in [0.1, 0.15) is 63.1 Å². The third-order valence-electron chi connectivity index (χ3n) is 7.32. The molecule has 2 fully saturated rings. The lowest BCUT2D eigenvalue weighted by atomic mass is 9.77.